The normalized spacial score (nSPS) is 19.8. The molecule has 19 heavy (non-hydrogen) atoms. The maximum Gasteiger partial charge on any atom is 0.514 e. The lowest BCUT2D eigenvalue weighted by atomic mass is 10.3. The third-order valence-corrected chi connectivity index (χ3v) is 2.35. The van der Waals surface area contributed by atoms with Crippen LogP contribution in [0.5, 0.6) is 0 Å². The molecule has 0 aromatic rings. The molecule has 0 saturated carbocycles. The fourth-order valence-electron chi connectivity index (χ4n) is 1.28. The predicted octanol–water partition coefficient (Wildman–Crippen LogP) is 1.32. The van der Waals surface area contributed by atoms with Crippen molar-refractivity contribution >= 4 is 18.2 Å². The number of hydrogen-bond acceptors (Lipinski definition) is 6. The third kappa shape index (κ3) is 4.86. The summed E-state index contributed by atoms with van der Waals surface area (Å²) in [5.41, 5.74) is 0. The van der Waals surface area contributed by atoms with Gasteiger partial charge in [0.1, 0.15) is 6.26 Å². The Morgan fingerprint density at radius 3 is 2.74 bits per heavy atom. The lowest BCUT2D eigenvalue weighted by Crippen LogP contribution is -2.27. The Kier molecular flexibility index (Phi) is 5.16. The summed E-state index contributed by atoms with van der Waals surface area (Å²) in [6.07, 6.45) is -0.811. The summed E-state index contributed by atoms with van der Waals surface area (Å²) in [5.74, 6) is -0.815. The van der Waals surface area contributed by atoms with Gasteiger partial charge in [0.05, 0.1) is 0 Å². The quantitative estimate of drug-likeness (QED) is 0.595. The molecule has 0 bridgehead atoms. The van der Waals surface area contributed by atoms with Crippen LogP contribution in [0, 0.1) is 0 Å². The first-order chi connectivity index (χ1) is 8.90. The smallest absolute Gasteiger partial charge is 0.481 e. The molecule has 1 heterocycles. The second kappa shape index (κ2) is 6.62. The molecule has 0 aromatic carbocycles. The highest BCUT2D eigenvalue weighted by atomic mass is 16.8. The van der Waals surface area contributed by atoms with Gasteiger partial charge < -0.3 is 24.2 Å². The molecule has 0 aliphatic carbocycles. The minimum absolute atomic E-state index is 0.0266. The van der Waals surface area contributed by atoms with Crippen LogP contribution in [0.25, 0.3) is 0 Å². The predicted molar refractivity (Wildman–Crippen MR) is 61.1 cm³/mol. The van der Waals surface area contributed by atoms with Crippen molar-refractivity contribution in [1.29, 1.82) is 0 Å². The monoisotopic (exact) mass is 273 g/mol. The fourth-order valence-corrected chi connectivity index (χ4v) is 1.28. The molecule has 1 unspecified atom stereocenters. The van der Waals surface area contributed by atoms with Crippen LogP contribution in [0.1, 0.15) is 19.8 Å². The van der Waals surface area contributed by atoms with E-state index in [4.69, 9.17) is 9.84 Å². The molecule has 1 aliphatic heterocycles. The van der Waals surface area contributed by atoms with Crippen molar-refractivity contribution < 1.29 is 33.7 Å². The zero-order chi connectivity index (χ0) is 14.4. The molecule has 0 spiro atoms. The summed E-state index contributed by atoms with van der Waals surface area (Å²) < 4.78 is 14.1. The van der Waals surface area contributed by atoms with E-state index in [-0.39, 0.29) is 18.7 Å². The third-order valence-electron chi connectivity index (χ3n) is 2.35. The Labute approximate surface area is 109 Å². The van der Waals surface area contributed by atoms with Gasteiger partial charge in [0.2, 0.25) is 0 Å². The minimum Gasteiger partial charge on any atom is -0.481 e. The molecule has 0 aromatic heterocycles. The van der Waals surface area contributed by atoms with Gasteiger partial charge in [-0.2, -0.15) is 0 Å². The van der Waals surface area contributed by atoms with Crippen LogP contribution in [0.3, 0.4) is 0 Å². The molecule has 8 heteroatoms. The number of aliphatic carboxylic acids is 1. The van der Waals surface area contributed by atoms with E-state index in [1.165, 1.54) is 11.9 Å². The summed E-state index contributed by atoms with van der Waals surface area (Å²) in [6, 6.07) is 0. The van der Waals surface area contributed by atoms with E-state index in [0.29, 0.717) is 6.42 Å². The number of carboxylic acids is 1. The Bertz CT molecular complexity index is 404. The zero-order valence-electron chi connectivity index (χ0n) is 10.6. The largest absolute Gasteiger partial charge is 0.514 e. The maximum atomic E-state index is 11.5. The summed E-state index contributed by atoms with van der Waals surface area (Å²) in [6.45, 7) is 1.82. The molecule has 1 atom stereocenters. The summed E-state index contributed by atoms with van der Waals surface area (Å²) in [7, 11) is 1.48. The van der Waals surface area contributed by atoms with E-state index in [2.05, 4.69) is 9.47 Å². The van der Waals surface area contributed by atoms with Gasteiger partial charge >= 0.3 is 18.2 Å². The number of rotatable bonds is 5. The fraction of sp³-hybridized carbons (Fsp3) is 0.545. The summed E-state index contributed by atoms with van der Waals surface area (Å²) >= 11 is 0. The van der Waals surface area contributed by atoms with Gasteiger partial charge in [-0.25, -0.2) is 9.59 Å². The molecule has 1 N–H and O–H groups in total. The molecule has 1 aliphatic rings. The number of hydrogen-bond donors (Lipinski definition) is 1. The van der Waals surface area contributed by atoms with Crippen LogP contribution in [0.15, 0.2) is 12.0 Å². The van der Waals surface area contributed by atoms with Crippen molar-refractivity contribution in [1.82, 2.24) is 4.90 Å². The number of carbonyl (C=O) groups is 3. The van der Waals surface area contributed by atoms with Gasteiger partial charge in [-0.05, 0) is 13.3 Å². The maximum absolute atomic E-state index is 11.5. The highest BCUT2D eigenvalue weighted by molar-refractivity contribution is 5.69. The lowest BCUT2D eigenvalue weighted by Gasteiger charge is -2.14. The number of nitrogens with zero attached hydrogens (tertiary/aromatic N) is 1. The van der Waals surface area contributed by atoms with Crippen LogP contribution in [0.2, 0.25) is 0 Å². The van der Waals surface area contributed by atoms with Crippen LogP contribution >= 0.6 is 0 Å². The second-order valence-electron chi connectivity index (χ2n) is 3.93. The molecule has 1 rings (SSSR count). The number of carbonyl (C=O) groups excluding carboxylic acids is 2. The average molecular weight is 273 g/mol. The second-order valence-corrected chi connectivity index (χ2v) is 3.93. The Morgan fingerprint density at radius 1 is 1.53 bits per heavy atom. The molecule has 1 saturated heterocycles. The van der Waals surface area contributed by atoms with Gasteiger partial charge in [0.15, 0.2) is 11.9 Å². The number of amides is 1. The number of cyclic esters (lactones) is 2. The zero-order valence-corrected chi connectivity index (χ0v) is 10.6. The first-order valence-corrected chi connectivity index (χ1v) is 5.62. The van der Waals surface area contributed by atoms with Crippen LogP contribution in [0.4, 0.5) is 9.59 Å². The van der Waals surface area contributed by atoms with Crippen molar-refractivity contribution in [3.63, 3.8) is 0 Å². The Balaban J connectivity index is 2.36. The molecule has 8 nitrogen and oxygen atoms in total. The molecule has 1 amide bonds. The summed E-state index contributed by atoms with van der Waals surface area (Å²) in [5, 5.41) is 8.46. The topological polar surface area (TPSA) is 102 Å². The van der Waals surface area contributed by atoms with Crippen LogP contribution in [-0.4, -0.2) is 47.9 Å². The van der Waals surface area contributed by atoms with Gasteiger partial charge in [0, 0.05) is 20.0 Å². The first-order valence-electron chi connectivity index (χ1n) is 5.62. The van der Waals surface area contributed by atoms with Crippen molar-refractivity contribution in [2.75, 3.05) is 13.6 Å². The standard InChI is InChI=1S/C11H15NO7/c1-7-8(19-11(16)18-7)6-17-10(15)12(2)5-3-4-9(13)14/h6-7H,3-5H2,1-2H3,(H,13,14). The molecular weight excluding hydrogens is 258 g/mol. The van der Waals surface area contributed by atoms with Crippen LogP contribution in [-0.2, 0) is 19.0 Å². The highest BCUT2D eigenvalue weighted by Crippen LogP contribution is 2.18. The van der Waals surface area contributed by atoms with E-state index in [9.17, 15) is 14.4 Å². The molecule has 0 radical (unpaired) electrons. The minimum atomic E-state index is -0.923. The summed E-state index contributed by atoms with van der Waals surface area (Å²) in [4.78, 5) is 33.8. The number of carboxylic acid groups (broad SMARTS) is 1. The van der Waals surface area contributed by atoms with Crippen LogP contribution < -0.4 is 0 Å². The van der Waals surface area contributed by atoms with Crippen molar-refractivity contribution in [2.45, 2.75) is 25.9 Å². The first kappa shape index (κ1) is 14.8. The number of ether oxygens (including phenoxy) is 3. The SMILES string of the molecule is CC1OC(=O)OC1=COC(=O)N(C)CCCC(=O)O. The molecular formula is C11H15NO7. The van der Waals surface area contributed by atoms with E-state index in [1.807, 2.05) is 0 Å². The van der Waals surface area contributed by atoms with E-state index >= 15 is 0 Å². The lowest BCUT2D eigenvalue weighted by molar-refractivity contribution is -0.137. The Morgan fingerprint density at radius 2 is 2.21 bits per heavy atom. The van der Waals surface area contributed by atoms with Gasteiger partial charge in [0.25, 0.3) is 0 Å². The van der Waals surface area contributed by atoms with E-state index in [1.54, 1.807) is 6.92 Å². The van der Waals surface area contributed by atoms with Gasteiger partial charge in [-0.3, -0.25) is 4.79 Å². The molecule has 1 fully saturated rings. The highest BCUT2D eigenvalue weighted by Gasteiger charge is 2.28. The Hall–Kier alpha value is -2.25. The van der Waals surface area contributed by atoms with Crippen molar-refractivity contribution in [3.8, 4) is 0 Å². The van der Waals surface area contributed by atoms with Crippen molar-refractivity contribution in [3.05, 3.63) is 12.0 Å². The van der Waals surface area contributed by atoms with Gasteiger partial charge in [-0.15, -0.1) is 0 Å². The van der Waals surface area contributed by atoms with E-state index < -0.39 is 24.3 Å². The van der Waals surface area contributed by atoms with E-state index in [0.717, 1.165) is 6.26 Å². The molecule has 106 valence electrons. The van der Waals surface area contributed by atoms with Gasteiger partial charge in [-0.1, -0.05) is 0 Å². The average Bonchev–Trinajstić information content (AvgIpc) is 2.64. The van der Waals surface area contributed by atoms with Crippen molar-refractivity contribution in [2.24, 2.45) is 0 Å².